The molecule has 1 aromatic rings. The third-order valence-electron chi connectivity index (χ3n) is 1.33. The normalized spacial score (nSPS) is 10.5. The summed E-state index contributed by atoms with van der Waals surface area (Å²) in [4.78, 5) is 3.78. The number of nitrogens with one attached hydrogen (secondary N) is 1. The molecule has 0 aromatic carbocycles. The molecule has 1 aromatic heterocycles. The average molecular weight is 252 g/mol. The lowest BCUT2D eigenvalue weighted by Crippen LogP contribution is -2.12. The lowest BCUT2D eigenvalue weighted by Gasteiger charge is -2.07. The van der Waals surface area contributed by atoms with E-state index in [-0.39, 0.29) is 5.82 Å². The van der Waals surface area contributed by atoms with Gasteiger partial charge in [0.25, 0.3) is 6.43 Å². The first kappa shape index (κ1) is 10.2. The number of nitrogen functional groups attached to an aromatic ring is 1. The van der Waals surface area contributed by atoms with Gasteiger partial charge in [0.05, 0.1) is 12.2 Å². The molecule has 3 nitrogen and oxygen atoms in total. The van der Waals surface area contributed by atoms with Gasteiger partial charge in [-0.05, 0) is 22.0 Å². The minimum atomic E-state index is -2.40. The largest absolute Gasteiger partial charge is 0.382 e. The zero-order valence-electron chi connectivity index (χ0n) is 6.60. The quantitative estimate of drug-likeness (QED) is 0.866. The Morgan fingerprint density at radius 2 is 2.31 bits per heavy atom. The van der Waals surface area contributed by atoms with Crippen LogP contribution < -0.4 is 11.1 Å². The summed E-state index contributed by atoms with van der Waals surface area (Å²) in [6.45, 7) is -0.428. The molecule has 1 rings (SSSR count). The van der Waals surface area contributed by atoms with Gasteiger partial charge >= 0.3 is 0 Å². The molecule has 3 N–H and O–H groups in total. The second kappa shape index (κ2) is 4.36. The number of halogens is 3. The predicted octanol–water partition coefficient (Wildman–Crippen LogP) is 2.10. The first-order valence-electron chi connectivity index (χ1n) is 3.52. The van der Waals surface area contributed by atoms with E-state index < -0.39 is 13.0 Å². The van der Waals surface area contributed by atoms with Crippen LogP contribution in [0.5, 0.6) is 0 Å². The first-order chi connectivity index (χ1) is 6.09. The molecule has 6 heteroatoms. The molecule has 0 atom stereocenters. The summed E-state index contributed by atoms with van der Waals surface area (Å²) in [5.41, 5.74) is 5.85. The standard InChI is InChI=1S/C7H8BrF2N3/c8-4-1-5(7(11)13-2-4)12-3-6(9)10/h1-2,6,12H,3H2,(H2,11,13). The topological polar surface area (TPSA) is 50.9 Å². The van der Waals surface area contributed by atoms with E-state index in [1.165, 1.54) is 6.20 Å². The van der Waals surface area contributed by atoms with Gasteiger partial charge in [-0.25, -0.2) is 13.8 Å². The van der Waals surface area contributed by atoms with Gasteiger partial charge in [0.1, 0.15) is 5.82 Å². The van der Waals surface area contributed by atoms with Crippen LogP contribution in [0.2, 0.25) is 0 Å². The van der Waals surface area contributed by atoms with Crippen molar-refractivity contribution in [3.05, 3.63) is 16.7 Å². The average Bonchev–Trinajstić information content (AvgIpc) is 2.06. The number of nitrogens with zero attached hydrogens (tertiary/aromatic N) is 1. The van der Waals surface area contributed by atoms with Crippen molar-refractivity contribution in [3.8, 4) is 0 Å². The van der Waals surface area contributed by atoms with E-state index in [0.29, 0.717) is 10.2 Å². The molecule has 0 fully saturated rings. The van der Waals surface area contributed by atoms with Crippen molar-refractivity contribution in [2.24, 2.45) is 0 Å². The van der Waals surface area contributed by atoms with Crippen molar-refractivity contribution in [1.82, 2.24) is 4.98 Å². The molecular formula is C7H8BrF2N3. The molecule has 0 saturated heterocycles. The number of alkyl halides is 2. The minimum Gasteiger partial charge on any atom is -0.382 e. The van der Waals surface area contributed by atoms with Crippen LogP contribution in [0, 0.1) is 0 Å². The van der Waals surface area contributed by atoms with Gasteiger partial charge in [0.15, 0.2) is 0 Å². The molecule has 0 aliphatic heterocycles. The third kappa shape index (κ3) is 3.14. The second-order valence-corrected chi connectivity index (χ2v) is 3.27. The number of hydrogen-bond acceptors (Lipinski definition) is 3. The van der Waals surface area contributed by atoms with Gasteiger partial charge in [-0.1, -0.05) is 0 Å². The Labute approximate surface area is 82.5 Å². The monoisotopic (exact) mass is 251 g/mol. The zero-order valence-corrected chi connectivity index (χ0v) is 8.18. The number of anilines is 2. The van der Waals surface area contributed by atoms with Gasteiger partial charge in [-0.3, -0.25) is 0 Å². The van der Waals surface area contributed by atoms with Gasteiger partial charge in [0, 0.05) is 10.7 Å². The molecule has 0 aliphatic rings. The molecule has 0 amide bonds. The van der Waals surface area contributed by atoms with Crippen LogP contribution in [0.1, 0.15) is 0 Å². The lowest BCUT2D eigenvalue weighted by atomic mass is 10.4. The Kier molecular flexibility index (Phi) is 3.41. The number of hydrogen-bond donors (Lipinski definition) is 2. The molecule has 0 saturated carbocycles. The lowest BCUT2D eigenvalue weighted by molar-refractivity contribution is 0.163. The highest BCUT2D eigenvalue weighted by Gasteiger charge is 2.05. The highest BCUT2D eigenvalue weighted by atomic mass is 79.9. The van der Waals surface area contributed by atoms with Crippen molar-refractivity contribution in [1.29, 1.82) is 0 Å². The number of pyridine rings is 1. The van der Waals surface area contributed by atoms with Crippen molar-refractivity contribution in [2.45, 2.75) is 6.43 Å². The zero-order chi connectivity index (χ0) is 9.84. The fourth-order valence-electron chi connectivity index (χ4n) is 0.779. The van der Waals surface area contributed by atoms with Crippen molar-refractivity contribution >= 4 is 27.4 Å². The SMILES string of the molecule is Nc1ncc(Br)cc1NCC(F)F. The predicted molar refractivity (Wildman–Crippen MR) is 50.8 cm³/mol. The number of rotatable bonds is 3. The maximum Gasteiger partial charge on any atom is 0.255 e. The number of nitrogens with two attached hydrogens (primary N) is 1. The Morgan fingerprint density at radius 1 is 1.62 bits per heavy atom. The molecule has 0 bridgehead atoms. The molecule has 13 heavy (non-hydrogen) atoms. The van der Waals surface area contributed by atoms with Gasteiger partial charge in [0.2, 0.25) is 0 Å². The molecule has 0 unspecified atom stereocenters. The summed E-state index contributed by atoms with van der Waals surface area (Å²) in [5, 5.41) is 2.49. The Bertz CT molecular complexity index is 293. The van der Waals surface area contributed by atoms with Crippen LogP contribution in [0.15, 0.2) is 16.7 Å². The second-order valence-electron chi connectivity index (χ2n) is 2.36. The summed E-state index contributed by atoms with van der Waals surface area (Å²) in [5.74, 6) is 0.212. The van der Waals surface area contributed by atoms with Crippen LogP contribution in [0.4, 0.5) is 20.3 Å². The van der Waals surface area contributed by atoms with E-state index in [2.05, 4.69) is 26.2 Å². The van der Waals surface area contributed by atoms with E-state index in [9.17, 15) is 8.78 Å². The molecule has 1 heterocycles. The maximum atomic E-state index is 11.8. The van der Waals surface area contributed by atoms with Gasteiger partial charge in [-0.15, -0.1) is 0 Å². The highest BCUT2D eigenvalue weighted by molar-refractivity contribution is 9.10. The highest BCUT2D eigenvalue weighted by Crippen LogP contribution is 2.20. The maximum absolute atomic E-state index is 11.8. The Balaban J connectivity index is 2.70. The van der Waals surface area contributed by atoms with Crippen LogP contribution >= 0.6 is 15.9 Å². The van der Waals surface area contributed by atoms with Crippen molar-refractivity contribution < 1.29 is 8.78 Å². The fourth-order valence-corrected chi connectivity index (χ4v) is 1.11. The summed E-state index contributed by atoms with van der Waals surface area (Å²) in [6.07, 6.45) is -0.901. The first-order valence-corrected chi connectivity index (χ1v) is 4.32. The smallest absolute Gasteiger partial charge is 0.255 e. The molecular weight excluding hydrogens is 244 g/mol. The minimum absolute atomic E-state index is 0.212. The van der Waals surface area contributed by atoms with Gasteiger partial charge in [-0.2, -0.15) is 0 Å². The molecule has 72 valence electrons. The van der Waals surface area contributed by atoms with E-state index in [1.807, 2.05) is 0 Å². The summed E-state index contributed by atoms with van der Waals surface area (Å²) in [6, 6.07) is 1.60. The summed E-state index contributed by atoms with van der Waals surface area (Å²) in [7, 11) is 0. The Hall–Kier alpha value is -0.910. The number of aromatic nitrogens is 1. The van der Waals surface area contributed by atoms with E-state index >= 15 is 0 Å². The van der Waals surface area contributed by atoms with Crippen LogP contribution in [-0.2, 0) is 0 Å². The van der Waals surface area contributed by atoms with Crippen LogP contribution in [0.25, 0.3) is 0 Å². The fraction of sp³-hybridized carbons (Fsp3) is 0.286. The van der Waals surface area contributed by atoms with Crippen LogP contribution in [0.3, 0.4) is 0 Å². The van der Waals surface area contributed by atoms with Gasteiger partial charge < -0.3 is 11.1 Å². The van der Waals surface area contributed by atoms with Crippen molar-refractivity contribution in [2.75, 3.05) is 17.6 Å². The molecule has 0 spiro atoms. The van der Waals surface area contributed by atoms with Crippen LogP contribution in [-0.4, -0.2) is 18.0 Å². The summed E-state index contributed by atoms with van der Waals surface area (Å²) >= 11 is 3.16. The van der Waals surface area contributed by atoms with E-state index in [4.69, 9.17) is 5.73 Å². The Morgan fingerprint density at radius 3 is 2.92 bits per heavy atom. The van der Waals surface area contributed by atoms with Crippen molar-refractivity contribution in [3.63, 3.8) is 0 Å². The van der Waals surface area contributed by atoms with E-state index in [0.717, 1.165) is 0 Å². The molecule has 0 aliphatic carbocycles. The molecule has 0 radical (unpaired) electrons. The third-order valence-corrected chi connectivity index (χ3v) is 1.77. The van der Waals surface area contributed by atoms with E-state index in [1.54, 1.807) is 6.07 Å². The summed E-state index contributed by atoms with van der Waals surface area (Å²) < 4.78 is 24.3.